The van der Waals surface area contributed by atoms with Crippen LogP contribution in [0.5, 0.6) is 0 Å². The monoisotopic (exact) mass is 319 g/mol. The van der Waals surface area contributed by atoms with Gasteiger partial charge in [-0.3, -0.25) is 9.78 Å². The second kappa shape index (κ2) is 8.24. The third-order valence-corrected chi connectivity index (χ3v) is 4.75. The van der Waals surface area contributed by atoms with Crippen molar-refractivity contribution in [2.24, 2.45) is 17.6 Å². The van der Waals surface area contributed by atoms with Crippen LogP contribution < -0.4 is 10.6 Å². The lowest BCUT2D eigenvalue weighted by molar-refractivity contribution is -0.134. The smallest absolute Gasteiger partial charge is 0.225 e. The molecular weight excluding hydrogens is 290 g/mol. The van der Waals surface area contributed by atoms with Crippen LogP contribution in [0, 0.1) is 11.8 Å². The average Bonchev–Trinajstić information content (AvgIpc) is 2.59. The largest absolute Gasteiger partial charge is 0.355 e. The topological polar surface area (TPSA) is 75.3 Å². The Kier molecular flexibility index (Phi) is 6.33. The quantitative estimate of drug-likeness (QED) is 0.860. The van der Waals surface area contributed by atoms with E-state index >= 15 is 0 Å². The van der Waals surface area contributed by atoms with Crippen LogP contribution in [0.1, 0.15) is 33.1 Å². The molecule has 2 heterocycles. The predicted octanol–water partition coefficient (Wildman–Crippen LogP) is 1.52. The van der Waals surface area contributed by atoms with Gasteiger partial charge in [0.2, 0.25) is 5.91 Å². The zero-order valence-corrected chi connectivity index (χ0v) is 14.5. The number of anilines is 1. The van der Waals surface area contributed by atoms with Gasteiger partial charge >= 0.3 is 0 Å². The Hall–Kier alpha value is -1.69. The molecule has 1 aliphatic rings. The number of hydrogen-bond donors (Lipinski definition) is 1. The first kappa shape index (κ1) is 17.7. The van der Waals surface area contributed by atoms with Gasteiger partial charge in [0.25, 0.3) is 0 Å². The van der Waals surface area contributed by atoms with Gasteiger partial charge in [-0.05, 0) is 25.2 Å². The molecule has 0 radical (unpaired) electrons. The first-order valence-electron chi connectivity index (χ1n) is 8.50. The first-order chi connectivity index (χ1) is 11.0. The number of amides is 1. The van der Waals surface area contributed by atoms with E-state index in [0.717, 1.165) is 44.7 Å². The van der Waals surface area contributed by atoms with E-state index in [1.807, 2.05) is 11.9 Å². The summed E-state index contributed by atoms with van der Waals surface area (Å²) < 4.78 is 0. The maximum absolute atomic E-state index is 12.6. The van der Waals surface area contributed by atoms with Crippen molar-refractivity contribution in [2.45, 2.75) is 39.2 Å². The standard InChI is InChI=1S/C17H29N5O/c1-13(2)15(18)6-9-21(3)17(23)14-4-10-22(11-5-14)16-12-19-7-8-20-16/h7-8,12-15H,4-6,9-11,18H2,1-3H3. The van der Waals surface area contributed by atoms with Crippen molar-refractivity contribution in [3.63, 3.8) is 0 Å². The summed E-state index contributed by atoms with van der Waals surface area (Å²) in [4.78, 5) is 25.0. The van der Waals surface area contributed by atoms with Crippen molar-refractivity contribution < 1.29 is 4.79 Å². The number of aromatic nitrogens is 2. The van der Waals surface area contributed by atoms with E-state index < -0.39 is 0 Å². The number of nitrogens with zero attached hydrogens (tertiary/aromatic N) is 4. The minimum atomic E-state index is 0.114. The van der Waals surface area contributed by atoms with Crippen LogP contribution in [-0.4, -0.2) is 53.5 Å². The lowest BCUT2D eigenvalue weighted by atomic mass is 9.95. The molecule has 0 aliphatic carbocycles. The summed E-state index contributed by atoms with van der Waals surface area (Å²) >= 11 is 0. The molecule has 0 bridgehead atoms. The predicted molar refractivity (Wildman–Crippen MR) is 92.0 cm³/mol. The molecule has 1 atom stereocenters. The summed E-state index contributed by atoms with van der Waals surface area (Å²) in [5, 5.41) is 0. The molecule has 1 unspecified atom stereocenters. The van der Waals surface area contributed by atoms with E-state index in [-0.39, 0.29) is 17.9 Å². The van der Waals surface area contributed by atoms with Crippen LogP contribution in [0.2, 0.25) is 0 Å². The Morgan fingerprint density at radius 2 is 2.09 bits per heavy atom. The summed E-state index contributed by atoms with van der Waals surface area (Å²) in [6.45, 7) is 6.69. The zero-order chi connectivity index (χ0) is 16.8. The molecule has 6 heteroatoms. The summed E-state index contributed by atoms with van der Waals surface area (Å²) in [6, 6.07) is 0.156. The fraction of sp³-hybridized carbons (Fsp3) is 0.706. The van der Waals surface area contributed by atoms with Gasteiger partial charge in [-0.15, -0.1) is 0 Å². The zero-order valence-electron chi connectivity index (χ0n) is 14.5. The average molecular weight is 319 g/mol. The van der Waals surface area contributed by atoms with Crippen LogP contribution in [0.15, 0.2) is 18.6 Å². The van der Waals surface area contributed by atoms with Crippen LogP contribution in [0.3, 0.4) is 0 Å². The highest BCUT2D eigenvalue weighted by Crippen LogP contribution is 2.22. The molecule has 23 heavy (non-hydrogen) atoms. The molecule has 0 saturated carbocycles. The van der Waals surface area contributed by atoms with Gasteiger partial charge in [-0.25, -0.2) is 4.98 Å². The fourth-order valence-electron chi connectivity index (χ4n) is 2.91. The number of nitrogens with two attached hydrogens (primary N) is 1. The van der Waals surface area contributed by atoms with Crippen molar-refractivity contribution >= 4 is 11.7 Å². The molecule has 1 aromatic heterocycles. The van der Waals surface area contributed by atoms with E-state index in [1.165, 1.54) is 0 Å². The molecule has 0 aromatic carbocycles. The number of carbonyl (C=O) groups excluding carboxylic acids is 1. The fourth-order valence-corrected chi connectivity index (χ4v) is 2.91. The molecule has 2 rings (SSSR count). The van der Waals surface area contributed by atoms with Crippen molar-refractivity contribution in [3.8, 4) is 0 Å². The highest BCUT2D eigenvalue weighted by atomic mass is 16.2. The van der Waals surface area contributed by atoms with Crippen molar-refractivity contribution in [1.29, 1.82) is 0 Å². The molecule has 1 amide bonds. The number of piperidine rings is 1. The SMILES string of the molecule is CC(C)C(N)CCN(C)C(=O)C1CCN(c2cnccn2)CC1. The Morgan fingerprint density at radius 1 is 1.39 bits per heavy atom. The summed E-state index contributed by atoms with van der Waals surface area (Å²) in [5.41, 5.74) is 6.07. The van der Waals surface area contributed by atoms with Gasteiger partial charge in [0.1, 0.15) is 5.82 Å². The number of hydrogen-bond acceptors (Lipinski definition) is 5. The molecule has 1 fully saturated rings. The van der Waals surface area contributed by atoms with Crippen LogP contribution in [-0.2, 0) is 4.79 Å². The van der Waals surface area contributed by atoms with Gasteiger partial charge in [0, 0.05) is 51.0 Å². The van der Waals surface area contributed by atoms with E-state index in [0.29, 0.717) is 5.92 Å². The Bertz CT molecular complexity index is 485. The molecule has 0 spiro atoms. The van der Waals surface area contributed by atoms with Crippen LogP contribution in [0.25, 0.3) is 0 Å². The van der Waals surface area contributed by atoms with E-state index in [1.54, 1.807) is 18.6 Å². The van der Waals surface area contributed by atoms with Crippen molar-refractivity contribution in [3.05, 3.63) is 18.6 Å². The summed E-state index contributed by atoms with van der Waals surface area (Å²) in [5.74, 6) is 1.71. The molecule has 1 saturated heterocycles. The maximum atomic E-state index is 12.6. The Balaban J connectivity index is 1.79. The maximum Gasteiger partial charge on any atom is 0.225 e. The molecule has 2 N–H and O–H groups in total. The van der Waals surface area contributed by atoms with Crippen molar-refractivity contribution in [1.82, 2.24) is 14.9 Å². The van der Waals surface area contributed by atoms with E-state index in [4.69, 9.17) is 5.73 Å². The second-order valence-electron chi connectivity index (χ2n) is 6.78. The van der Waals surface area contributed by atoms with E-state index in [2.05, 4.69) is 28.7 Å². The van der Waals surface area contributed by atoms with Crippen LogP contribution >= 0.6 is 0 Å². The Morgan fingerprint density at radius 3 is 2.65 bits per heavy atom. The van der Waals surface area contributed by atoms with Gasteiger partial charge in [0.15, 0.2) is 0 Å². The number of carbonyl (C=O) groups is 1. The number of rotatable bonds is 6. The summed E-state index contributed by atoms with van der Waals surface area (Å²) in [7, 11) is 1.89. The van der Waals surface area contributed by atoms with Gasteiger partial charge in [-0.1, -0.05) is 13.8 Å². The third-order valence-electron chi connectivity index (χ3n) is 4.75. The third kappa shape index (κ3) is 4.89. The van der Waals surface area contributed by atoms with Crippen LogP contribution in [0.4, 0.5) is 5.82 Å². The molecule has 1 aliphatic heterocycles. The highest BCUT2D eigenvalue weighted by molar-refractivity contribution is 5.78. The van der Waals surface area contributed by atoms with E-state index in [9.17, 15) is 4.79 Å². The Labute approximate surface area is 139 Å². The minimum Gasteiger partial charge on any atom is -0.355 e. The lowest BCUT2D eigenvalue weighted by Gasteiger charge is -2.34. The molecule has 1 aromatic rings. The molecule has 128 valence electrons. The first-order valence-corrected chi connectivity index (χ1v) is 8.50. The molecular formula is C17H29N5O. The minimum absolute atomic E-state index is 0.114. The van der Waals surface area contributed by atoms with Gasteiger partial charge < -0.3 is 15.5 Å². The van der Waals surface area contributed by atoms with Crippen molar-refractivity contribution in [2.75, 3.05) is 31.6 Å². The lowest BCUT2D eigenvalue weighted by Crippen LogP contribution is -2.42. The normalized spacial score (nSPS) is 17.3. The second-order valence-corrected chi connectivity index (χ2v) is 6.78. The summed E-state index contributed by atoms with van der Waals surface area (Å²) in [6.07, 6.45) is 7.76. The highest BCUT2D eigenvalue weighted by Gasteiger charge is 2.27. The molecule has 6 nitrogen and oxygen atoms in total. The van der Waals surface area contributed by atoms with Gasteiger partial charge in [-0.2, -0.15) is 0 Å². The van der Waals surface area contributed by atoms with Gasteiger partial charge in [0.05, 0.1) is 6.20 Å².